The number of benzene rings is 1. The molecule has 0 aliphatic carbocycles. The van der Waals surface area contributed by atoms with Crippen LogP contribution in [0.5, 0.6) is 11.5 Å². The summed E-state index contributed by atoms with van der Waals surface area (Å²) >= 11 is 0. The Morgan fingerprint density at radius 3 is 2.43 bits per heavy atom. The molecule has 0 aromatic heterocycles. The van der Waals surface area contributed by atoms with E-state index in [0.29, 0.717) is 6.04 Å². The van der Waals surface area contributed by atoms with E-state index in [1.165, 1.54) is 0 Å². The summed E-state index contributed by atoms with van der Waals surface area (Å²) < 4.78 is 10.7. The smallest absolute Gasteiger partial charge is 0.191 e. The van der Waals surface area contributed by atoms with Gasteiger partial charge in [0, 0.05) is 56.6 Å². The zero-order valence-corrected chi connectivity index (χ0v) is 16.6. The van der Waals surface area contributed by atoms with E-state index in [0.717, 1.165) is 49.2 Å². The molecule has 6 nitrogen and oxygen atoms in total. The van der Waals surface area contributed by atoms with Gasteiger partial charge < -0.3 is 25.0 Å². The molecule has 1 fully saturated rings. The largest absolute Gasteiger partial charge is 0.497 e. The molecule has 1 aromatic carbocycles. The van der Waals surface area contributed by atoms with E-state index in [4.69, 9.17) is 9.47 Å². The van der Waals surface area contributed by atoms with Crippen LogP contribution in [0.15, 0.2) is 23.2 Å². The van der Waals surface area contributed by atoms with Crippen molar-refractivity contribution in [2.45, 2.75) is 19.4 Å². The van der Waals surface area contributed by atoms with Crippen molar-refractivity contribution in [3.05, 3.63) is 18.2 Å². The fourth-order valence-corrected chi connectivity index (χ4v) is 2.64. The lowest BCUT2D eigenvalue weighted by molar-refractivity contribution is 0.394. The van der Waals surface area contributed by atoms with Gasteiger partial charge in [-0.25, -0.2) is 0 Å². The number of halogens is 1. The highest BCUT2D eigenvalue weighted by Gasteiger charge is 2.24. The molecule has 23 heavy (non-hydrogen) atoms. The Hall–Kier alpha value is -1.38. The normalized spacial score (nSPS) is 17.5. The quantitative estimate of drug-likeness (QED) is 0.423. The Bertz CT molecular complexity index is 503. The molecule has 1 unspecified atom stereocenters. The molecule has 0 bridgehead atoms. The predicted octanol–water partition coefficient (Wildman–Crippen LogP) is 2.09. The van der Waals surface area contributed by atoms with Crippen molar-refractivity contribution in [1.29, 1.82) is 0 Å². The van der Waals surface area contributed by atoms with Gasteiger partial charge in [-0.05, 0) is 13.3 Å². The van der Waals surface area contributed by atoms with Crippen LogP contribution in [0.1, 0.15) is 13.3 Å². The Morgan fingerprint density at radius 2 is 1.91 bits per heavy atom. The second-order valence-electron chi connectivity index (χ2n) is 5.25. The lowest BCUT2D eigenvalue weighted by Crippen LogP contribution is -2.44. The molecule has 1 aromatic rings. The number of hydrogen-bond donors (Lipinski definition) is 2. The number of aliphatic imine (C=N–C) groups is 1. The molecule has 130 valence electrons. The highest BCUT2D eigenvalue weighted by atomic mass is 127. The average molecular weight is 434 g/mol. The first-order chi connectivity index (χ1) is 10.7. The number of methoxy groups -OCH3 is 2. The number of nitrogens with one attached hydrogen (secondary N) is 2. The number of rotatable bonds is 5. The van der Waals surface area contributed by atoms with Gasteiger partial charge in [-0.3, -0.25) is 4.99 Å². The molecule has 7 heteroatoms. The molecule has 2 N–H and O–H groups in total. The lowest BCUT2D eigenvalue weighted by Gasteiger charge is -2.21. The van der Waals surface area contributed by atoms with Crippen molar-refractivity contribution in [1.82, 2.24) is 10.6 Å². The molecule has 0 spiro atoms. The zero-order chi connectivity index (χ0) is 15.9. The first-order valence-corrected chi connectivity index (χ1v) is 7.65. The van der Waals surface area contributed by atoms with Gasteiger partial charge in [0.1, 0.15) is 11.5 Å². The molecule has 1 aliphatic rings. The molecule has 2 rings (SSSR count). The summed E-state index contributed by atoms with van der Waals surface area (Å²) in [6, 6.07) is 6.37. The van der Waals surface area contributed by atoms with Gasteiger partial charge in [0.15, 0.2) is 5.96 Å². The van der Waals surface area contributed by atoms with Gasteiger partial charge in [0.2, 0.25) is 0 Å². The number of ether oxygens (including phenoxy) is 2. The van der Waals surface area contributed by atoms with Crippen LogP contribution in [0.2, 0.25) is 0 Å². The van der Waals surface area contributed by atoms with E-state index >= 15 is 0 Å². The van der Waals surface area contributed by atoms with Crippen LogP contribution in [-0.4, -0.2) is 52.9 Å². The summed E-state index contributed by atoms with van der Waals surface area (Å²) in [4.78, 5) is 6.56. The van der Waals surface area contributed by atoms with Crippen LogP contribution in [0.4, 0.5) is 5.69 Å². The lowest BCUT2D eigenvalue weighted by atomic mass is 10.2. The fourth-order valence-electron chi connectivity index (χ4n) is 2.64. The highest BCUT2D eigenvalue weighted by Crippen LogP contribution is 2.30. The summed E-state index contributed by atoms with van der Waals surface area (Å²) in [5, 5.41) is 6.69. The minimum absolute atomic E-state index is 0. The van der Waals surface area contributed by atoms with Crippen LogP contribution in [0, 0.1) is 0 Å². The van der Waals surface area contributed by atoms with Crippen LogP contribution >= 0.6 is 24.0 Å². The maximum Gasteiger partial charge on any atom is 0.191 e. The first-order valence-electron chi connectivity index (χ1n) is 7.65. The molecular weight excluding hydrogens is 407 g/mol. The predicted molar refractivity (Wildman–Crippen MR) is 106 cm³/mol. The molecule has 1 heterocycles. The van der Waals surface area contributed by atoms with Gasteiger partial charge in [-0.15, -0.1) is 24.0 Å². The summed E-state index contributed by atoms with van der Waals surface area (Å²) in [6.45, 7) is 4.86. The number of guanidine groups is 1. The third-order valence-electron chi connectivity index (χ3n) is 3.80. The number of nitrogens with zero attached hydrogens (tertiary/aromatic N) is 2. The standard InChI is InChI=1S/C16H26N4O2.HI/c1-5-18-16(17-2)19-12-6-7-20(11-12)13-8-14(21-3)10-15(9-13)22-4;/h8-10,12H,5-7,11H2,1-4H3,(H2,17,18,19);1H. The van der Waals surface area contributed by atoms with Crippen molar-refractivity contribution >= 4 is 35.6 Å². The van der Waals surface area contributed by atoms with Gasteiger partial charge in [-0.2, -0.15) is 0 Å². The second kappa shape index (κ2) is 9.69. The summed E-state index contributed by atoms with van der Waals surface area (Å²) in [5.41, 5.74) is 1.12. The minimum atomic E-state index is 0. The maximum atomic E-state index is 5.35. The molecule has 0 saturated carbocycles. The van der Waals surface area contributed by atoms with Crippen molar-refractivity contribution in [2.75, 3.05) is 45.8 Å². The van der Waals surface area contributed by atoms with E-state index in [1.807, 2.05) is 18.2 Å². The monoisotopic (exact) mass is 434 g/mol. The molecule has 0 amide bonds. The number of anilines is 1. The van der Waals surface area contributed by atoms with Gasteiger partial charge in [0.25, 0.3) is 0 Å². The van der Waals surface area contributed by atoms with E-state index in [9.17, 15) is 0 Å². The molecule has 1 saturated heterocycles. The maximum absolute atomic E-state index is 5.35. The van der Waals surface area contributed by atoms with Crippen molar-refractivity contribution in [2.24, 2.45) is 4.99 Å². The topological polar surface area (TPSA) is 58.1 Å². The van der Waals surface area contributed by atoms with E-state index < -0.39 is 0 Å². The summed E-state index contributed by atoms with van der Waals surface area (Å²) in [5.74, 6) is 2.49. The third-order valence-corrected chi connectivity index (χ3v) is 3.80. The molecular formula is C16H27IN4O2. The van der Waals surface area contributed by atoms with Crippen molar-refractivity contribution < 1.29 is 9.47 Å². The second-order valence-corrected chi connectivity index (χ2v) is 5.25. The van der Waals surface area contributed by atoms with Gasteiger partial charge >= 0.3 is 0 Å². The molecule has 0 radical (unpaired) electrons. The molecule has 1 aliphatic heterocycles. The van der Waals surface area contributed by atoms with Crippen LogP contribution in [0.3, 0.4) is 0 Å². The third kappa shape index (κ3) is 5.33. The van der Waals surface area contributed by atoms with Crippen LogP contribution in [0.25, 0.3) is 0 Å². The minimum Gasteiger partial charge on any atom is -0.497 e. The van der Waals surface area contributed by atoms with E-state index in [2.05, 4.69) is 27.4 Å². The SMILES string of the molecule is CCNC(=NC)NC1CCN(c2cc(OC)cc(OC)c2)C1.I. The van der Waals surface area contributed by atoms with Crippen molar-refractivity contribution in [3.63, 3.8) is 0 Å². The first kappa shape index (κ1) is 19.7. The highest BCUT2D eigenvalue weighted by molar-refractivity contribution is 14.0. The zero-order valence-electron chi connectivity index (χ0n) is 14.3. The molecule has 1 atom stereocenters. The van der Waals surface area contributed by atoms with E-state index in [-0.39, 0.29) is 24.0 Å². The summed E-state index contributed by atoms with van der Waals surface area (Å²) in [7, 11) is 5.14. The average Bonchev–Trinajstić information content (AvgIpc) is 3.02. The van der Waals surface area contributed by atoms with Gasteiger partial charge in [0.05, 0.1) is 14.2 Å². The Labute approximate surface area is 155 Å². The fraction of sp³-hybridized carbons (Fsp3) is 0.562. The Kier molecular flexibility index (Phi) is 8.29. The Morgan fingerprint density at radius 1 is 1.26 bits per heavy atom. The number of hydrogen-bond acceptors (Lipinski definition) is 4. The van der Waals surface area contributed by atoms with Crippen molar-refractivity contribution in [3.8, 4) is 11.5 Å². The van der Waals surface area contributed by atoms with Gasteiger partial charge in [-0.1, -0.05) is 0 Å². The Balaban J connectivity index is 0.00000264. The van der Waals surface area contributed by atoms with Crippen LogP contribution < -0.4 is 25.0 Å². The summed E-state index contributed by atoms with van der Waals surface area (Å²) in [6.07, 6.45) is 1.07. The van der Waals surface area contributed by atoms with Crippen LogP contribution in [-0.2, 0) is 0 Å². The van der Waals surface area contributed by atoms with E-state index in [1.54, 1.807) is 21.3 Å².